The number of carbonyl (C=O) groups excluding carboxylic acids is 2. The molecule has 0 aromatic heterocycles. The molecule has 0 spiro atoms. The molecule has 1 aromatic carbocycles. The van der Waals surface area contributed by atoms with Crippen molar-refractivity contribution in [3.05, 3.63) is 35.4 Å². The Bertz CT molecular complexity index is 468. The summed E-state index contributed by atoms with van der Waals surface area (Å²) in [6, 6.07) is 7.33. The first-order chi connectivity index (χ1) is 9.08. The van der Waals surface area contributed by atoms with E-state index in [0.29, 0.717) is 18.7 Å². The van der Waals surface area contributed by atoms with Gasteiger partial charge in [-0.2, -0.15) is 0 Å². The number of ketones is 1. The largest absolute Gasteiger partial charge is 0.355 e. The smallest absolute Gasteiger partial charge is 0.234 e. The van der Waals surface area contributed by atoms with Gasteiger partial charge in [0.25, 0.3) is 0 Å². The molecule has 2 rings (SSSR count). The van der Waals surface area contributed by atoms with Gasteiger partial charge in [-0.1, -0.05) is 29.8 Å². The maximum atomic E-state index is 12.4. The fourth-order valence-corrected chi connectivity index (χ4v) is 2.28. The van der Waals surface area contributed by atoms with E-state index in [-0.39, 0.29) is 17.7 Å². The third-order valence-electron chi connectivity index (χ3n) is 3.55. The van der Waals surface area contributed by atoms with Gasteiger partial charge in [0, 0.05) is 18.7 Å². The summed E-state index contributed by atoms with van der Waals surface area (Å²) in [5.41, 5.74) is 1.85. The zero-order valence-corrected chi connectivity index (χ0v) is 11.5. The van der Waals surface area contributed by atoms with Crippen molar-refractivity contribution in [3.63, 3.8) is 0 Å². The predicted octanol–water partition coefficient (Wildman–Crippen LogP) is 1.39. The maximum Gasteiger partial charge on any atom is 0.234 e. The molecule has 4 heteroatoms. The normalized spacial score (nSPS) is 18.5. The number of nitrogens with zero attached hydrogens (tertiary/aromatic N) is 1. The second kappa shape index (κ2) is 5.97. The van der Waals surface area contributed by atoms with Crippen molar-refractivity contribution in [1.29, 1.82) is 0 Å². The fourth-order valence-electron chi connectivity index (χ4n) is 2.28. The van der Waals surface area contributed by atoms with Crippen molar-refractivity contribution in [2.45, 2.75) is 26.3 Å². The van der Waals surface area contributed by atoms with Crippen LogP contribution < -0.4 is 5.32 Å². The predicted molar refractivity (Wildman–Crippen MR) is 74.2 cm³/mol. The highest BCUT2D eigenvalue weighted by Crippen LogP contribution is 2.11. The summed E-state index contributed by atoms with van der Waals surface area (Å²) < 4.78 is 0. The first-order valence-corrected chi connectivity index (χ1v) is 6.69. The number of aryl methyl sites for hydroxylation is 1. The van der Waals surface area contributed by atoms with Crippen LogP contribution >= 0.6 is 0 Å². The zero-order valence-electron chi connectivity index (χ0n) is 11.5. The molecule has 1 aromatic rings. The van der Waals surface area contributed by atoms with Crippen molar-refractivity contribution in [3.8, 4) is 0 Å². The van der Waals surface area contributed by atoms with Crippen LogP contribution in [0.3, 0.4) is 0 Å². The van der Waals surface area contributed by atoms with E-state index >= 15 is 0 Å². The van der Waals surface area contributed by atoms with E-state index in [1.54, 1.807) is 0 Å². The standard InChI is InChI=1S/C15H20N2O2/c1-11-4-6-13(7-5-11)15(19)12(2)17-9-3-8-16-14(18)10-17/h4-7,12H,3,8-10H2,1-2H3,(H,16,18). The summed E-state index contributed by atoms with van der Waals surface area (Å²) >= 11 is 0. The van der Waals surface area contributed by atoms with Gasteiger partial charge < -0.3 is 5.32 Å². The minimum Gasteiger partial charge on any atom is -0.355 e. The first-order valence-electron chi connectivity index (χ1n) is 6.69. The minimum absolute atomic E-state index is 0.000978. The second-order valence-corrected chi connectivity index (χ2v) is 5.08. The average Bonchev–Trinajstić information content (AvgIpc) is 2.62. The van der Waals surface area contributed by atoms with Gasteiger partial charge in [0.1, 0.15) is 0 Å². The van der Waals surface area contributed by atoms with Gasteiger partial charge in [0.15, 0.2) is 5.78 Å². The number of rotatable bonds is 3. The lowest BCUT2D eigenvalue weighted by Crippen LogP contribution is -2.42. The molecule has 1 unspecified atom stereocenters. The first kappa shape index (κ1) is 13.7. The summed E-state index contributed by atoms with van der Waals surface area (Å²) in [4.78, 5) is 25.9. The van der Waals surface area contributed by atoms with Gasteiger partial charge in [-0.25, -0.2) is 0 Å². The van der Waals surface area contributed by atoms with Gasteiger partial charge in [-0.15, -0.1) is 0 Å². The van der Waals surface area contributed by atoms with Gasteiger partial charge in [0.2, 0.25) is 5.91 Å². The number of amides is 1. The van der Waals surface area contributed by atoms with Gasteiger partial charge in [-0.05, 0) is 20.3 Å². The Kier molecular flexibility index (Phi) is 4.32. The monoisotopic (exact) mass is 260 g/mol. The molecule has 0 bridgehead atoms. The molecule has 1 heterocycles. The summed E-state index contributed by atoms with van der Waals surface area (Å²) in [6.45, 7) is 5.65. The fraction of sp³-hybridized carbons (Fsp3) is 0.467. The van der Waals surface area contributed by atoms with Gasteiger partial charge in [0.05, 0.1) is 12.6 Å². The number of hydrogen-bond acceptors (Lipinski definition) is 3. The number of hydrogen-bond donors (Lipinski definition) is 1. The highest BCUT2D eigenvalue weighted by atomic mass is 16.2. The van der Waals surface area contributed by atoms with E-state index in [2.05, 4.69) is 5.32 Å². The van der Waals surface area contributed by atoms with Gasteiger partial charge >= 0.3 is 0 Å². The summed E-state index contributed by atoms with van der Waals surface area (Å²) in [7, 11) is 0. The van der Waals surface area contributed by atoms with E-state index < -0.39 is 0 Å². The maximum absolute atomic E-state index is 12.4. The molecule has 1 saturated heterocycles. The third-order valence-corrected chi connectivity index (χ3v) is 3.55. The average molecular weight is 260 g/mol. The van der Waals surface area contributed by atoms with Crippen LogP contribution in [0.1, 0.15) is 29.3 Å². The molecule has 102 valence electrons. The van der Waals surface area contributed by atoms with Crippen molar-refractivity contribution < 1.29 is 9.59 Å². The topological polar surface area (TPSA) is 49.4 Å². The molecule has 1 amide bonds. The van der Waals surface area contributed by atoms with E-state index in [0.717, 1.165) is 18.5 Å². The molecule has 1 atom stereocenters. The number of benzene rings is 1. The zero-order chi connectivity index (χ0) is 13.8. The van der Waals surface area contributed by atoms with E-state index in [1.165, 1.54) is 0 Å². The molecule has 0 aliphatic carbocycles. The number of Topliss-reactive ketones (excluding diaryl/α,β-unsaturated/α-hetero) is 1. The quantitative estimate of drug-likeness (QED) is 0.836. The van der Waals surface area contributed by atoms with Crippen molar-refractivity contribution in [1.82, 2.24) is 10.2 Å². The summed E-state index contributed by atoms with van der Waals surface area (Å²) in [5.74, 6) is 0.0794. The van der Waals surface area contributed by atoms with Crippen LogP contribution in [0.25, 0.3) is 0 Å². The molecular weight excluding hydrogens is 240 g/mol. The second-order valence-electron chi connectivity index (χ2n) is 5.08. The minimum atomic E-state index is -0.258. The molecule has 1 aliphatic rings. The van der Waals surface area contributed by atoms with Gasteiger partial charge in [-0.3, -0.25) is 14.5 Å². The molecule has 0 radical (unpaired) electrons. The third kappa shape index (κ3) is 3.41. The lowest BCUT2D eigenvalue weighted by atomic mass is 10.0. The Morgan fingerprint density at radius 3 is 2.68 bits per heavy atom. The van der Waals surface area contributed by atoms with Crippen LogP contribution in [-0.4, -0.2) is 42.3 Å². The Balaban J connectivity index is 2.09. The SMILES string of the molecule is Cc1ccc(C(=O)C(C)N2CCCNC(=O)C2)cc1. The number of carbonyl (C=O) groups is 2. The molecule has 4 nitrogen and oxygen atoms in total. The highest BCUT2D eigenvalue weighted by Gasteiger charge is 2.25. The number of nitrogens with one attached hydrogen (secondary N) is 1. The van der Waals surface area contributed by atoms with Crippen LogP contribution in [0.15, 0.2) is 24.3 Å². The molecule has 0 saturated carbocycles. The Hall–Kier alpha value is -1.68. The summed E-state index contributed by atoms with van der Waals surface area (Å²) in [5, 5.41) is 2.82. The van der Waals surface area contributed by atoms with Crippen molar-refractivity contribution >= 4 is 11.7 Å². The van der Waals surface area contributed by atoms with Crippen LogP contribution in [0.5, 0.6) is 0 Å². The molecule has 19 heavy (non-hydrogen) atoms. The molecule has 1 N–H and O–H groups in total. The van der Waals surface area contributed by atoms with Crippen LogP contribution in [-0.2, 0) is 4.79 Å². The Morgan fingerprint density at radius 1 is 1.32 bits per heavy atom. The van der Waals surface area contributed by atoms with E-state index in [4.69, 9.17) is 0 Å². The summed E-state index contributed by atoms with van der Waals surface area (Å²) in [6.07, 6.45) is 0.886. The van der Waals surface area contributed by atoms with E-state index in [1.807, 2.05) is 43.0 Å². The lowest BCUT2D eigenvalue weighted by Gasteiger charge is -2.25. The Morgan fingerprint density at radius 2 is 2.00 bits per heavy atom. The van der Waals surface area contributed by atoms with Crippen LogP contribution in [0.2, 0.25) is 0 Å². The highest BCUT2D eigenvalue weighted by molar-refractivity contribution is 6.00. The van der Waals surface area contributed by atoms with E-state index in [9.17, 15) is 9.59 Å². The van der Waals surface area contributed by atoms with Crippen LogP contribution in [0, 0.1) is 6.92 Å². The van der Waals surface area contributed by atoms with Crippen LogP contribution in [0.4, 0.5) is 0 Å². The molecule has 1 fully saturated rings. The van der Waals surface area contributed by atoms with Crippen molar-refractivity contribution in [2.24, 2.45) is 0 Å². The van der Waals surface area contributed by atoms with Crippen molar-refractivity contribution in [2.75, 3.05) is 19.6 Å². The molecule has 1 aliphatic heterocycles. The molecular formula is C15H20N2O2. The Labute approximate surface area is 113 Å². The lowest BCUT2D eigenvalue weighted by molar-refractivity contribution is -0.121.